The Morgan fingerprint density at radius 1 is 1.12 bits per heavy atom. The second-order valence-electron chi connectivity index (χ2n) is 3.31. The van der Waals surface area contributed by atoms with Gasteiger partial charge in [0.2, 0.25) is 0 Å². The fourth-order valence-corrected chi connectivity index (χ4v) is 1.65. The highest BCUT2D eigenvalue weighted by molar-refractivity contribution is 9.10. The molecule has 0 N–H and O–H groups in total. The Kier molecular flexibility index (Phi) is 3.15. The maximum Gasteiger partial charge on any atom is 0.416 e. The largest absolute Gasteiger partial charge is 0.416 e. The number of benzene rings is 1. The van der Waals surface area contributed by atoms with E-state index in [1.54, 1.807) is 6.07 Å². The summed E-state index contributed by atoms with van der Waals surface area (Å²) in [6.07, 6.45) is -1.47. The van der Waals surface area contributed by atoms with Crippen molar-refractivity contribution >= 4 is 15.9 Å². The van der Waals surface area contributed by atoms with Crippen molar-refractivity contribution in [3.05, 3.63) is 46.8 Å². The summed E-state index contributed by atoms with van der Waals surface area (Å²) in [6.45, 7) is 0. The molecule has 0 amide bonds. The van der Waals surface area contributed by atoms with Gasteiger partial charge in [0, 0.05) is 5.56 Å². The van der Waals surface area contributed by atoms with Gasteiger partial charge in [-0.2, -0.15) is 13.2 Å². The summed E-state index contributed by atoms with van der Waals surface area (Å²) in [5.74, 6) is 0. The molecular weight excluding hydrogens is 297 g/mol. The molecule has 0 aliphatic carbocycles. The molecule has 6 heteroatoms. The molecule has 0 saturated carbocycles. The van der Waals surface area contributed by atoms with Crippen LogP contribution < -0.4 is 0 Å². The highest BCUT2D eigenvalue weighted by Gasteiger charge is 2.30. The first-order valence-corrected chi connectivity index (χ1v) is 5.41. The van der Waals surface area contributed by atoms with E-state index in [9.17, 15) is 13.2 Å². The van der Waals surface area contributed by atoms with Gasteiger partial charge in [-0.25, -0.2) is 4.98 Å². The Labute approximate surface area is 104 Å². The lowest BCUT2D eigenvalue weighted by atomic mass is 10.1. The van der Waals surface area contributed by atoms with Crippen LogP contribution >= 0.6 is 15.9 Å². The maximum atomic E-state index is 12.5. The van der Waals surface area contributed by atoms with Crippen LogP contribution in [-0.4, -0.2) is 9.97 Å². The van der Waals surface area contributed by atoms with E-state index in [1.165, 1.54) is 18.5 Å². The Morgan fingerprint density at radius 3 is 2.53 bits per heavy atom. The zero-order valence-corrected chi connectivity index (χ0v) is 9.96. The lowest BCUT2D eigenvalue weighted by molar-refractivity contribution is -0.137. The molecule has 0 aliphatic heterocycles. The number of aromatic nitrogens is 2. The Bertz CT molecular complexity index is 540. The van der Waals surface area contributed by atoms with Crippen LogP contribution in [0.1, 0.15) is 5.56 Å². The zero-order valence-electron chi connectivity index (χ0n) is 8.37. The fourth-order valence-electron chi connectivity index (χ4n) is 1.34. The second kappa shape index (κ2) is 4.44. The number of rotatable bonds is 1. The molecule has 0 saturated heterocycles. The standard InChI is InChI=1S/C11H6BrF3N2/c12-10-6-16-5-9(17-10)7-2-1-3-8(4-7)11(13,14)15/h1-6H. The van der Waals surface area contributed by atoms with Gasteiger partial charge in [-0.3, -0.25) is 4.98 Å². The average molecular weight is 303 g/mol. The average Bonchev–Trinajstić information content (AvgIpc) is 2.28. The van der Waals surface area contributed by atoms with E-state index in [4.69, 9.17) is 0 Å². The van der Waals surface area contributed by atoms with Gasteiger partial charge in [0.05, 0.1) is 23.7 Å². The second-order valence-corrected chi connectivity index (χ2v) is 4.12. The summed E-state index contributed by atoms with van der Waals surface area (Å²) in [6, 6.07) is 4.98. The van der Waals surface area contributed by atoms with Crippen molar-refractivity contribution in [3.8, 4) is 11.3 Å². The van der Waals surface area contributed by atoms with E-state index in [2.05, 4.69) is 25.9 Å². The van der Waals surface area contributed by atoms with Crippen molar-refractivity contribution in [2.75, 3.05) is 0 Å². The molecule has 1 aromatic carbocycles. The van der Waals surface area contributed by atoms with E-state index in [0.717, 1.165) is 12.1 Å². The van der Waals surface area contributed by atoms with Crippen LogP contribution in [0.5, 0.6) is 0 Å². The molecule has 0 unspecified atom stereocenters. The molecule has 1 heterocycles. The predicted molar refractivity (Wildman–Crippen MR) is 60.2 cm³/mol. The Balaban J connectivity index is 2.47. The molecule has 2 aromatic rings. The summed E-state index contributed by atoms with van der Waals surface area (Å²) in [4.78, 5) is 7.92. The van der Waals surface area contributed by atoms with Crippen molar-refractivity contribution < 1.29 is 13.2 Å². The van der Waals surface area contributed by atoms with Gasteiger partial charge >= 0.3 is 6.18 Å². The zero-order chi connectivity index (χ0) is 12.5. The molecule has 88 valence electrons. The summed E-state index contributed by atoms with van der Waals surface area (Å²) in [5, 5.41) is 0. The van der Waals surface area contributed by atoms with E-state index in [0.29, 0.717) is 15.9 Å². The first-order chi connectivity index (χ1) is 7.97. The van der Waals surface area contributed by atoms with Crippen LogP contribution in [-0.2, 0) is 6.18 Å². The highest BCUT2D eigenvalue weighted by atomic mass is 79.9. The molecule has 0 radical (unpaired) electrons. The first kappa shape index (κ1) is 12.0. The van der Waals surface area contributed by atoms with E-state index in [-0.39, 0.29) is 0 Å². The molecule has 0 spiro atoms. The smallest absolute Gasteiger partial charge is 0.260 e. The molecular formula is C11H6BrF3N2. The van der Waals surface area contributed by atoms with Crippen LogP contribution in [0.15, 0.2) is 41.3 Å². The van der Waals surface area contributed by atoms with Gasteiger partial charge in [0.1, 0.15) is 4.60 Å². The molecule has 0 fully saturated rings. The lowest BCUT2D eigenvalue weighted by Crippen LogP contribution is -2.04. The van der Waals surface area contributed by atoms with Crippen LogP contribution in [0.2, 0.25) is 0 Å². The minimum absolute atomic E-state index is 0.383. The first-order valence-electron chi connectivity index (χ1n) is 4.62. The van der Waals surface area contributed by atoms with Crippen molar-refractivity contribution in [1.29, 1.82) is 0 Å². The summed E-state index contributed by atoms with van der Waals surface area (Å²) >= 11 is 3.12. The fraction of sp³-hybridized carbons (Fsp3) is 0.0909. The van der Waals surface area contributed by atoms with E-state index < -0.39 is 11.7 Å². The van der Waals surface area contributed by atoms with Crippen LogP contribution in [0.3, 0.4) is 0 Å². The maximum absolute atomic E-state index is 12.5. The van der Waals surface area contributed by atoms with Gasteiger partial charge < -0.3 is 0 Å². The van der Waals surface area contributed by atoms with Crippen molar-refractivity contribution in [3.63, 3.8) is 0 Å². The topological polar surface area (TPSA) is 25.8 Å². The summed E-state index contributed by atoms with van der Waals surface area (Å²) < 4.78 is 38.0. The highest BCUT2D eigenvalue weighted by Crippen LogP contribution is 2.31. The minimum atomic E-state index is -4.35. The minimum Gasteiger partial charge on any atom is -0.260 e. The normalized spacial score (nSPS) is 11.5. The number of hydrogen-bond donors (Lipinski definition) is 0. The van der Waals surface area contributed by atoms with Crippen LogP contribution in [0, 0.1) is 0 Å². The van der Waals surface area contributed by atoms with Gasteiger partial charge in [-0.1, -0.05) is 12.1 Å². The van der Waals surface area contributed by atoms with Crippen LogP contribution in [0.25, 0.3) is 11.3 Å². The summed E-state index contributed by atoms with van der Waals surface area (Å²) in [5.41, 5.74) is 0.0795. The molecule has 17 heavy (non-hydrogen) atoms. The molecule has 0 atom stereocenters. The van der Waals surface area contributed by atoms with E-state index >= 15 is 0 Å². The van der Waals surface area contributed by atoms with E-state index in [1.807, 2.05) is 0 Å². The third kappa shape index (κ3) is 2.82. The Hall–Kier alpha value is -1.43. The Morgan fingerprint density at radius 2 is 1.88 bits per heavy atom. The predicted octanol–water partition coefficient (Wildman–Crippen LogP) is 3.92. The number of nitrogens with zero attached hydrogens (tertiary/aromatic N) is 2. The van der Waals surface area contributed by atoms with Crippen molar-refractivity contribution in [2.45, 2.75) is 6.18 Å². The van der Waals surface area contributed by atoms with Gasteiger partial charge in [0.25, 0.3) is 0 Å². The lowest BCUT2D eigenvalue weighted by Gasteiger charge is -2.08. The van der Waals surface area contributed by atoms with Crippen LogP contribution in [0.4, 0.5) is 13.2 Å². The van der Waals surface area contributed by atoms with Gasteiger partial charge in [0.15, 0.2) is 0 Å². The number of hydrogen-bond acceptors (Lipinski definition) is 2. The molecule has 2 nitrogen and oxygen atoms in total. The third-order valence-corrected chi connectivity index (χ3v) is 2.47. The molecule has 1 aromatic heterocycles. The van der Waals surface area contributed by atoms with Gasteiger partial charge in [-0.05, 0) is 28.1 Å². The van der Waals surface area contributed by atoms with Crippen molar-refractivity contribution in [1.82, 2.24) is 9.97 Å². The number of halogens is 4. The molecule has 0 aliphatic rings. The monoisotopic (exact) mass is 302 g/mol. The molecule has 2 rings (SSSR count). The number of alkyl halides is 3. The summed E-state index contributed by atoms with van der Waals surface area (Å²) in [7, 11) is 0. The van der Waals surface area contributed by atoms with Crippen molar-refractivity contribution in [2.24, 2.45) is 0 Å². The third-order valence-electron chi connectivity index (χ3n) is 2.09. The quantitative estimate of drug-likeness (QED) is 0.798. The molecule has 0 bridgehead atoms. The van der Waals surface area contributed by atoms with Gasteiger partial charge in [-0.15, -0.1) is 0 Å². The SMILES string of the molecule is FC(F)(F)c1cccc(-c2cncc(Br)n2)c1.